The maximum atomic E-state index is 9.27. The number of rotatable bonds is 8. The van der Waals surface area contributed by atoms with Crippen LogP contribution in [0.2, 0.25) is 0 Å². The van der Waals surface area contributed by atoms with Gasteiger partial charge in [0.2, 0.25) is 0 Å². The summed E-state index contributed by atoms with van der Waals surface area (Å²) in [6.07, 6.45) is 1.80. The van der Waals surface area contributed by atoms with E-state index in [0.717, 1.165) is 32.5 Å². The summed E-state index contributed by atoms with van der Waals surface area (Å²) in [5.41, 5.74) is 5.91. The number of hydrogen-bond acceptors (Lipinski definition) is 3. The van der Waals surface area contributed by atoms with Gasteiger partial charge in [-0.2, -0.15) is 0 Å². The van der Waals surface area contributed by atoms with Gasteiger partial charge in [0.05, 0.1) is 6.10 Å². The number of nitrogens with two attached hydrogens (primary N) is 1. The molecule has 0 aromatic carbocycles. The molecule has 0 bridgehead atoms. The zero-order valence-corrected chi connectivity index (χ0v) is 10.8. The summed E-state index contributed by atoms with van der Waals surface area (Å²) in [5, 5.41) is 9.27. The summed E-state index contributed by atoms with van der Waals surface area (Å²) in [4.78, 5) is 2.40. The fraction of sp³-hybridized carbons (Fsp3) is 1.00. The molecule has 0 spiro atoms. The smallest absolute Gasteiger partial charge is 0.0524 e. The third-order valence-electron chi connectivity index (χ3n) is 2.61. The lowest BCUT2D eigenvalue weighted by Gasteiger charge is -2.31. The Bertz CT molecular complexity index is 158. The van der Waals surface area contributed by atoms with Crippen LogP contribution in [0, 0.1) is 5.41 Å². The van der Waals surface area contributed by atoms with Crippen molar-refractivity contribution in [1.29, 1.82) is 0 Å². The molecule has 0 heterocycles. The molecule has 92 valence electrons. The highest BCUT2D eigenvalue weighted by Gasteiger charge is 2.19. The summed E-state index contributed by atoms with van der Waals surface area (Å²) in [6.45, 7) is 12.2. The van der Waals surface area contributed by atoms with Crippen LogP contribution >= 0.6 is 0 Å². The molecular weight excluding hydrogens is 188 g/mol. The van der Waals surface area contributed by atoms with Gasteiger partial charge in [0.15, 0.2) is 0 Å². The average molecular weight is 216 g/mol. The van der Waals surface area contributed by atoms with Crippen molar-refractivity contribution in [3.05, 3.63) is 0 Å². The highest BCUT2D eigenvalue weighted by Crippen LogP contribution is 2.15. The summed E-state index contributed by atoms with van der Waals surface area (Å²) in [5.74, 6) is 0. The van der Waals surface area contributed by atoms with Crippen molar-refractivity contribution in [2.24, 2.45) is 11.1 Å². The maximum absolute atomic E-state index is 9.27. The van der Waals surface area contributed by atoms with Crippen molar-refractivity contribution in [2.75, 3.05) is 26.2 Å². The van der Waals surface area contributed by atoms with Crippen molar-refractivity contribution in [1.82, 2.24) is 4.90 Å². The standard InChI is InChI=1S/C12H28N2O/c1-5-7-14(8-6-11(2)15)10-12(3,4)9-13/h11,15H,5-10,13H2,1-4H3. The lowest BCUT2D eigenvalue weighted by atomic mass is 9.93. The van der Waals surface area contributed by atoms with Crippen LogP contribution in [0.25, 0.3) is 0 Å². The fourth-order valence-corrected chi connectivity index (χ4v) is 1.63. The zero-order chi connectivity index (χ0) is 11.9. The lowest BCUT2D eigenvalue weighted by Crippen LogP contribution is -2.40. The molecule has 0 aliphatic carbocycles. The van der Waals surface area contributed by atoms with Gasteiger partial charge < -0.3 is 15.7 Å². The first-order valence-corrected chi connectivity index (χ1v) is 6.01. The molecule has 3 heteroatoms. The molecule has 0 rings (SSSR count). The second-order valence-corrected chi connectivity index (χ2v) is 5.28. The molecule has 0 saturated heterocycles. The van der Waals surface area contributed by atoms with Crippen LogP contribution in [0.15, 0.2) is 0 Å². The molecule has 0 aliphatic heterocycles. The molecule has 3 nitrogen and oxygen atoms in total. The normalized spacial score (nSPS) is 14.6. The molecule has 0 radical (unpaired) electrons. The van der Waals surface area contributed by atoms with E-state index in [0.29, 0.717) is 6.54 Å². The lowest BCUT2D eigenvalue weighted by molar-refractivity contribution is 0.133. The van der Waals surface area contributed by atoms with Gasteiger partial charge in [-0.25, -0.2) is 0 Å². The zero-order valence-electron chi connectivity index (χ0n) is 10.8. The number of aliphatic hydroxyl groups excluding tert-OH is 1. The SMILES string of the molecule is CCCN(CCC(C)O)CC(C)(C)CN. The van der Waals surface area contributed by atoms with Gasteiger partial charge >= 0.3 is 0 Å². The predicted molar refractivity (Wildman–Crippen MR) is 65.9 cm³/mol. The third kappa shape index (κ3) is 7.77. The Hall–Kier alpha value is -0.120. The first-order valence-electron chi connectivity index (χ1n) is 6.01. The first-order chi connectivity index (χ1) is 6.91. The van der Waals surface area contributed by atoms with E-state index in [1.807, 2.05) is 6.92 Å². The van der Waals surface area contributed by atoms with E-state index in [2.05, 4.69) is 25.7 Å². The summed E-state index contributed by atoms with van der Waals surface area (Å²) in [7, 11) is 0. The van der Waals surface area contributed by atoms with Gasteiger partial charge in [-0.3, -0.25) is 0 Å². The Morgan fingerprint density at radius 2 is 1.93 bits per heavy atom. The average Bonchev–Trinajstić information content (AvgIpc) is 2.14. The molecule has 3 N–H and O–H groups in total. The van der Waals surface area contributed by atoms with Crippen molar-refractivity contribution in [2.45, 2.75) is 46.6 Å². The van der Waals surface area contributed by atoms with E-state index >= 15 is 0 Å². The van der Waals surface area contributed by atoms with Crippen LogP contribution < -0.4 is 5.73 Å². The fourth-order valence-electron chi connectivity index (χ4n) is 1.63. The van der Waals surface area contributed by atoms with Gasteiger partial charge in [-0.15, -0.1) is 0 Å². The van der Waals surface area contributed by atoms with E-state index in [9.17, 15) is 5.11 Å². The Balaban J connectivity index is 4.03. The molecule has 15 heavy (non-hydrogen) atoms. The largest absolute Gasteiger partial charge is 0.393 e. The second kappa shape index (κ2) is 7.20. The van der Waals surface area contributed by atoms with E-state index in [1.165, 1.54) is 0 Å². The van der Waals surface area contributed by atoms with E-state index in [1.54, 1.807) is 0 Å². The molecular formula is C12H28N2O. The van der Waals surface area contributed by atoms with Gasteiger partial charge in [0.1, 0.15) is 0 Å². The maximum Gasteiger partial charge on any atom is 0.0524 e. The number of aliphatic hydroxyl groups is 1. The summed E-state index contributed by atoms with van der Waals surface area (Å²) in [6, 6.07) is 0. The minimum absolute atomic E-state index is 0.174. The van der Waals surface area contributed by atoms with Crippen LogP contribution in [-0.4, -0.2) is 42.3 Å². The molecule has 1 atom stereocenters. The van der Waals surface area contributed by atoms with Crippen LogP contribution in [0.5, 0.6) is 0 Å². The minimum atomic E-state index is -0.203. The Morgan fingerprint density at radius 3 is 2.33 bits per heavy atom. The van der Waals surface area contributed by atoms with Gasteiger partial charge in [0, 0.05) is 13.1 Å². The molecule has 0 aromatic rings. The highest BCUT2D eigenvalue weighted by molar-refractivity contribution is 4.75. The summed E-state index contributed by atoms with van der Waals surface area (Å²) >= 11 is 0. The van der Waals surface area contributed by atoms with Gasteiger partial charge in [0.25, 0.3) is 0 Å². The Kier molecular flexibility index (Phi) is 7.14. The van der Waals surface area contributed by atoms with Crippen molar-refractivity contribution >= 4 is 0 Å². The van der Waals surface area contributed by atoms with E-state index < -0.39 is 0 Å². The van der Waals surface area contributed by atoms with Crippen LogP contribution in [0.3, 0.4) is 0 Å². The third-order valence-corrected chi connectivity index (χ3v) is 2.61. The molecule has 1 unspecified atom stereocenters. The van der Waals surface area contributed by atoms with E-state index in [4.69, 9.17) is 5.73 Å². The van der Waals surface area contributed by atoms with Crippen molar-refractivity contribution < 1.29 is 5.11 Å². The Morgan fingerprint density at radius 1 is 1.33 bits per heavy atom. The van der Waals surface area contributed by atoms with Crippen molar-refractivity contribution in [3.63, 3.8) is 0 Å². The minimum Gasteiger partial charge on any atom is -0.393 e. The molecule has 0 amide bonds. The quantitative estimate of drug-likeness (QED) is 0.646. The number of hydrogen-bond donors (Lipinski definition) is 2. The second-order valence-electron chi connectivity index (χ2n) is 5.28. The van der Waals surface area contributed by atoms with E-state index in [-0.39, 0.29) is 11.5 Å². The van der Waals surface area contributed by atoms with Crippen LogP contribution in [0.1, 0.15) is 40.5 Å². The highest BCUT2D eigenvalue weighted by atomic mass is 16.3. The topological polar surface area (TPSA) is 49.5 Å². The van der Waals surface area contributed by atoms with Gasteiger partial charge in [-0.1, -0.05) is 20.8 Å². The molecule has 0 saturated carbocycles. The molecule has 0 aliphatic rings. The predicted octanol–water partition coefficient (Wildman–Crippen LogP) is 1.45. The number of nitrogens with zero attached hydrogens (tertiary/aromatic N) is 1. The molecule has 0 fully saturated rings. The van der Waals surface area contributed by atoms with Crippen LogP contribution in [0.4, 0.5) is 0 Å². The van der Waals surface area contributed by atoms with Crippen molar-refractivity contribution in [3.8, 4) is 0 Å². The molecule has 0 aromatic heterocycles. The van der Waals surface area contributed by atoms with Gasteiger partial charge in [-0.05, 0) is 38.3 Å². The monoisotopic (exact) mass is 216 g/mol. The Labute approximate surface area is 94.6 Å². The van der Waals surface area contributed by atoms with Crippen LogP contribution in [-0.2, 0) is 0 Å². The summed E-state index contributed by atoms with van der Waals surface area (Å²) < 4.78 is 0. The first kappa shape index (κ1) is 14.9.